The van der Waals surface area contributed by atoms with Crippen molar-refractivity contribution in [1.82, 2.24) is 0 Å². The van der Waals surface area contributed by atoms with Crippen molar-refractivity contribution in [1.29, 1.82) is 0 Å². The molecular formula is C20H22N2O2. The van der Waals surface area contributed by atoms with E-state index in [1.165, 1.54) is 0 Å². The third-order valence-electron chi connectivity index (χ3n) is 4.44. The van der Waals surface area contributed by atoms with Crippen LogP contribution in [0.15, 0.2) is 64.8 Å². The Hall–Kier alpha value is -2.49. The highest BCUT2D eigenvalue weighted by molar-refractivity contribution is 5.75. The molecule has 1 saturated carbocycles. The van der Waals surface area contributed by atoms with Gasteiger partial charge in [-0.2, -0.15) is 10.2 Å². The molecule has 2 aromatic carbocycles. The summed E-state index contributed by atoms with van der Waals surface area (Å²) < 4.78 is 5.50. The van der Waals surface area contributed by atoms with Gasteiger partial charge in [-0.3, -0.25) is 4.79 Å². The van der Waals surface area contributed by atoms with Crippen LogP contribution in [0.4, 0.5) is 11.4 Å². The fourth-order valence-corrected chi connectivity index (χ4v) is 2.89. The molecule has 0 radical (unpaired) electrons. The highest BCUT2D eigenvalue weighted by Crippen LogP contribution is 2.30. The first-order valence-corrected chi connectivity index (χ1v) is 8.49. The van der Waals surface area contributed by atoms with E-state index in [2.05, 4.69) is 17.2 Å². The highest BCUT2D eigenvalue weighted by Gasteiger charge is 2.25. The monoisotopic (exact) mass is 322 g/mol. The molecule has 2 aromatic rings. The Bertz CT molecular complexity index is 687. The van der Waals surface area contributed by atoms with Crippen LogP contribution >= 0.6 is 0 Å². The van der Waals surface area contributed by atoms with Gasteiger partial charge >= 0.3 is 5.97 Å². The number of carbonyl (C=O) groups excluding carboxylic acids is 1. The van der Waals surface area contributed by atoms with Gasteiger partial charge in [-0.05, 0) is 68.0 Å². The lowest BCUT2D eigenvalue weighted by Crippen LogP contribution is -2.24. The van der Waals surface area contributed by atoms with Gasteiger partial charge in [0.05, 0.1) is 17.3 Å². The fraction of sp³-hybridized carbons (Fsp3) is 0.350. The maximum absolute atomic E-state index is 12.2. The van der Waals surface area contributed by atoms with Crippen LogP contribution in [0.2, 0.25) is 0 Å². The molecule has 4 heteroatoms. The Kier molecular flexibility index (Phi) is 5.36. The zero-order valence-corrected chi connectivity index (χ0v) is 13.9. The molecule has 0 amide bonds. The van der Waals surface area contributed by atoms with Crippen LogP contribution in [0.3, 0.4) is 0 Å². The Balaban J connectivity index is 1.56. The minimum atomic E-state index is -0.111. The zero-order chi connectivity index (χ0) is 16.8. The largest absolute Gasteiger partial charge is 0.426 e. The first-order valence-electron chi connectivity index (χ1n) is 8.49. The lowest BCUT2D eigenvalue weighted by Gasteiger charge is -2.24. The van der Waals surface area contributed by atoms with Crippen LogP contribution in [0, 0.1) is 11.8 Å². The molecule has 3 rings (SSSR count). The van der Waals surface area contributed by atoms with Gasteiger partial charge in [0.15, 0.2) is 0 Å². The number of hydrogen-bond acceptors (Lipinski definition) is 4. The van der Waals surface area contributed by atoms with E-state index in [1.807, 2.05) is 30.3 Å². The second-order valence-electron chi connectivity index (χ2n) is 6.41. The molecule has 0 aliphatic heterocycles. The third kappa shape index (κ3) is 4.51. The molecule has 0 unspecified atom stereocenters. The first-order chi connectivity index (χ1) is 11.7. The average molecular weight is 322 g/mol. The van der Waals surface area contributed by atoms with E-state index < -0.39 is 0 Å². The van der Waals surface area contributed by atoms with Crippen LogP contribution in [-0.2, 0) is 4.79 Å². The van der Waals surface area contributed by atoms with E-state index in [4.69, 9.17) is 4.74 Å². The Morgan fingerprint density at radius 2 is 1.46 bits per heavy atom. The third-order valence-corrected chi connectivity index (χ3v) is 4.44. The van der Waals surface area contributed by atoms with Crippen molar-refractivity contribution in [3.05, 3.63) is 54.6 Å². The molecule has 124 valence electrons. The van der Waals surface area contributed by atoms with Gasteiger partial charge in [0.25, 0.3) is 0 Å². The number of azo groups is 1. The van der Waals surface area contributed by atoms with Crippen LogP contribution in [0.1, 0.15) is 32.6 Å². The van der Waals surface area contributed by atoms with E-state index in [9.17, 15) is 4.79 Å². The lowest BCUT2D eigenvalue weighted by molar-refractivity contribution is -0.140. The molecule has 0 heterocycles. The smallest absolute Gasteiger partial charge is 0.314 e. The molecule has 0 saturated heterocycles. The molecule has 0 atom stereocenters. The van der Waals surface area contributed by atoms with Gasteiger partial charge in [0.1, 0.15) is 5.75 Å². The summed E-state index contributed by atoms with van der Waals surface area (Å²) in [5.41, 5.74) is 1.53. The summed E-state index contributed by atoms with van der Waals surface area (Å²) in [4.78, 5) is 12.2. The molecule has 0 bridgehead atoms. The summed E-state index contributed by atoms with van der Waals surface area (Å²) in [6, 6.07) is 16.7. The molecule has 1 fully saturated rings. The van der Waals surface area contributed by atoms with Crippen LogP contribution < -0.4 is 4.74 Å². The number of carbonyl (C=O) groups is 1. The quantitative estimate of drug-likeness (QED) is 0.404. The van der Waals surface area contributed by atoms with Gasteiger partial charge in [-0.1, -0.05) is 25.1 Å². The van der Waals surface area contributed by atoms with Crippen LogP contribution in [0.5, 0.6) is 5.75 Å². The number of hydrogen-bond donors (Lipinski definition) is 0. The maximum Gasteiger partial charge on any atom is 0.314 e. The molecule has 0 aromatic heterocycles. The Labute approximate surface area is 142 Å². The van der Waals surface area contributed by atoms with E-state index in [0.29, 0.717) is 5.75 Å². The van der Waals surface area contributed by atoms with Crippen molar-refractivity contribution in [2.75, 3.05) is 0 Å². The van der Waals surface area contributed by atoms with Crippen molar-refractivity contribution >= 4 is 17.3 Å². The number of nitrogens with zero attached hydrogens (tertiary/aromatic N) is 2. The molecule has 1 aliphatic rings. The van der Waals surface area contributed by atoms with Crippen LogP contribution in [-0.4, -0.2) is 5.97 Å². The highest BCUT2D eigenvalue weighted by atomic mass is 16.5. The van der Waals surface area contributed by atoms with E-state index in [1.54, 1.807) is 24.3 Å². The molecule has 4 nitrogen and oxygen atoms in total. The van der Waals surface area contributed by atoms with E-state index >= 15 is 0 Å². The summed E-state index contributed by atoms with van der Waals surface area (Å²) in [5, 5.41) is 8.34. The lowest BCUT2D eigenvalue weighted by atomic mass is 9.83. The Morgan fingerprint density at radius 1 is 0.875 bits per heavy atom. The number of esters is 1. The van der Waals surface area contributed by atoms with Crippen LogP contribution in [0.25, 0.3) is 0 Å². The minimum Gasteiger partial charge on any atom is -0.426 e. The summed E-state index contributed by atoms with van der Waals surface area (Å²) in [6.07, 6.45) is 4.09. The van der Waals surface area contributed by atoms with Crippen molar-refractivity contribution in [3.63, 3.8) is 0 Å². The average Bonchev–Trinajstić information content (AvgIpc) is 2.62. The van der Waals surface area contributed by atoms with Gasteiger partial charge in [0, 0.05) is 0 Å². The minimum absolute atomic E-state index is 0.0404. The number of ether oxygens (including phenoxy) is 1. The van der Waals surface area contributed by atoms with E-state index in [0.717, 1.165) is 43.0 Å². The second kappa shape index (κ2) is 7.86. The second-order valence-corrected chi connectivity index (χ2v) is 6.41. The summed E-state index contributed by atoms with van der Waals surface area (Å²) in [6.45, 7) is 2.24. The van der Waals surface area contributed by atoms with Crippen molar-refractivity contribution in [2.24, 2.45) is 22.1 Å². The molecular weight excluding hydrogens is 300 g/mol. The number of benzene rings is 2. The molecule has 24 heavy (non-hydrogen) atoms. The standard InChI is InChI=1S/C20H22N2O2/c1-15-7-9-16(10-8-15)20(23)24-19-13-11-18(12-14-19)22-21-17-5-3-2-4-6-17/h2-6,11-16H,7-10H2,1H3. The predicted octanol–water partition coefficient (Wildman–Crippen LogP) is 5.83. The predicted molar refractivity (Wildman–Crippen MR) is 93.8 cm³/mol. The summed E-state index contributed by atoms with van der Waals surface area (Å²) in [7, 11) is 0. The topological polar surface area (TPSA) is 51.0 Å². The SMILES string of the molecule is CC1CCC(C(=O)Oc2ccc(N=Nc3ccccc3)cc2)CC1. The Morgan fingerprint density at radius 3 is 2.08 bits per heavy atom. The van der Waals surface area contributed by atoms with Gasteiger partial charge < -0.3 is 4.74 Å². The summed E-state index contributed by atoms with van der Waals surface area (Å²) in [5.74, 6) is 1.22. The molecule has 0 N–H and O–H groups in total. The normalized spacial score (nSPS) is 20.9. The van der Waals surface area contributed by atoms with Gasteiger partial charge in [0.2, 0.25) is 0 Å². The molecule has 1 aliphatic carbocycles. The number of rotatable bonds is 4. The van der Waals surface area contributed by atoms with E-state index in [-0.39, 0.29) is 11.9 Å². The van der Waals surface area contributed by atoms with Crippen molar-refractivity contribution in [2.45, 2.75) is 32.6 Å². The van der Waals surface area contributed by atoms with Gasteiger partial charge in [-0.15, -0.1) is 0 Å². The molecule has 0 spiro atoms. The fourth-order valence-electron chi connectivity index (χ4n) is 2.89. The van der Waals surface area contributed by atoms with Crippen molar-refractivity contribution < 1.29 is 9.53 Å². The van der Waals surface area contributed by atoms with Crippen molar-refractivity contribution in [3.8, 4) is 5.75 Å². The maximum atomic E-state index is 12.2. The summed E-state index contributed by atoms with van der Waals surface area (Å²) >= 11 is 0. The van der Waals surface area contributed by atoms with Gasteiger partial charge in [-0.25, -0.2) is 0 Å². The first kappa shape index (κ1) is 16.4. The zero-order valence-electron chi connectivity index (χ0n) is 13.9.